The molecule has 98 valence electrons. The minimum Gasteiger partial charge on any atom is -0.314 e. The monoisotopic (exact) mass is 265 g/mol. The second-order valence-electron chi connectivity index (χ2n) is 5.25. The SMILES string of the molecule is CN1C(=O)C2(C=Cc3ccccc32)c2ccc(F)cc21. The average Bonchev–Trinajstić information content (AvgIpc) is 2.94. The molecule has 1 heterocycles. The van der Waals surface area contributed by atoms with Gasteiger partial charge in [-0.25, -0.2) is 4.39 Å². The predicted octanol–water partition coefficient (Wildman–Crippen LogP) is 3.12. The van der Waals surface area contributed by atoms with Crippen molar-refractivity contribution in [2.24, 2.45) is 0 Å². The van der Waals surface area contributed by atoms with Crippen LogP contribution in [0.1, 0.15) is 16.7 Å². The van der Waals surface area contributed by atoms with Gasteiger partial charge in [-0.15, -0.1) is 0 Å². The van der Waals surface area contributed by atoms with Crippen LogP contribution in [0.2, 0.25) is 0 Å². The topological polar surface area (TPSA) is 20.3 Å². The molecule has 0 N–H and O–H groups in total. The van der Waals surface area contributed by atoms with Crippen molar-refractivity contribution < 1.29 is 9.18 Å². The van der Waals surface area contributed by atoms with E-state index < -0.39 is 5.41 Å². The Bertz CT molecular complexity index is 780. The Hall–Kier alpha value is -2.42. The Kier molecular flexibility index (Phi) is 2.04. The first-order valence-corrected chi connectivity index (χ1v) is 6.51. The molecule has 0 fully saturated rings. The van der Waals surface area contributed by atoms with Gasteiger partial charge >= 0.3 is 0 Å². The van der Waals surface area contributed by atoms with Crippen molar-refractivity contribution in [3.05, 3.63) is 71.0 Å². The molecule has 1 spiro atoms. The van der Waals surface area contributed by atoms with Crippen molar-refractivity contribution in [1.29, 1.82) is 0 Å². The lowest BCUT2D eigenvalue weighted by atomic mass is 9.77. The van der Waals surface area contributed by atoms with Crippen LogP contribution in [-0.4, -0.2) is 13.0 Å². The van der Waals surface area contributed by atoms with Crippen LogP contribution < -0.4 is 4.90 Å². The van der Waals surface area contributed by atoms with Crippen molar-refractivity contribution in [2.45, 2.75) is 5.41 Å². The molecule has 0 aromatic heterocycles. The maximum Gasteiger partial charge on any atom is 0.245 e. The number of hydrogen-bond donors (Lipinski definition) is 0. The van der Waals surface area contributed by atoms with Crippen LogP contribution in [0.15, 0.2) is 48.5 Å². The second kappa shape index (κ2) is 3.57. The Morgan fingerprint density at radius 3 is 2.75 bits per heavy atom. The zero-order valence-corrected chi connectivity index (χ0v) is 10.9. The molecule has 2 aromatic carbocycles. The highest BCUT2D eigenvalue weighted by molar-refractivity contribution is 6.13. The molecule has 1 amide bonds. The molecule has 1 unspecified atom stereocenters. The highest BCUT2D eigenvalue weighted by Gasteiger charge is 2.51. The van der Waals surface area contributed by atoms with Gasteiger partial charge in [0, 0.05) is 7.05 Å². The molecule has 0 saturated heterocycles. The van der Waals surface area contributed by atoms with Crippen LogP contribution in [0.25, 0.3) is 6.08 Å². The number of benzene rings is 2. The van der Waals surface area contributed by atoms with E-state index in [0.717, 1.165) is 16.7 Å². The summed E-state index contributed by atoms with van der Waals surface area (Å²) in [5.41, 5.74) is 2.74. The fourth-order valence-corrected chi connectivity index (χ4v) is 3.33. The molecule has 0 saturated carbocycles. The van der Waals surface area contributed by atoms with E-state index in [0.29, 0.717) is 5.69 Å². The summed E-state index contributed by atoms with van der Waals surface area (Å²) < 4.78 is 13.5. The van der Waals surface area contributed by atoms with Crippen molar-refractivity contribution in [3.63, 3.8) is 0 Å². The number of hydrogen-bond acceptors (Lipinski definition) is 1. The van der Waals surface area contributed by atoms with E-state index in [1.165, 1.54) is 12.1 Å². The fraction of sp³-hybridized carbons (Fsp3) is 0.118. The Balaban J connectivity index is 2.07. The largest absolute Gasteiger partial charge is 0.314 e. The first-order chi connectivity index (χ1) is 9.64. The summed E-state index contributed by atoms with van der Waals surface area (Å²) in [4.78, 5) is 14.4. The Labute approximate surface area is 116 Å². The van der Waals surface area contributed by atoms with Gasteiger partial charge < -0.3 is 4.90 Å². The van der Waals surface area contributed by atoms with Crippen molar-refractivity contribution >= 4 is 17.7 Å². The number of nitrogens with zero attached hydrogens (tertiary/aromatic N) is 1. The molecule has 2 aromatic rings. The van der Waals surface area contributed by atoms with Gasteiger partial charge in [0.05, 0.1) is 5.69 Å². The molecule has 3 heteroatoms. The molecular formula is C17H12FNO. The Morgan fingerprint density at radius 2 is 1.90 bits per heavy atom. The van der Waals surface area contributed by atoms with Gasteiger partial charge in [0.15, 0.2) is 0 Å². The van der Waals surface area contributed by atoms with E-state index in [9.17, 15) is 9.18 Å². The van der Waals surface area contributed by atoms with Gasteiger partial charge in [-0.3, -0.25) is 4.79 Å². The van der Waals surface area contributed by atoms with Crippen LogP contribution in [0.5, 0.6) is 0 Å². The van der Waals surface area contributed by atoms with E-state index in [1.54, 1.807) is 18.0 Å². The molecule has 1 aliphatic carbocycles. The normalized spacial score (nSPS) is 22.5. The highest BCUT2D eigenvalue weighted by atomic mass is 19.1. The van der Waals surface area contributed by atoms with Gasteiger partial charge in [0.1, 0.15) is 11.2 Å². The minimum absolute atomic E-state index is 0.0284. The maximum absolute atomic E-state index is 13.5. The van der Waals surface area contributed by atoms with Gasteiger partial charge in [-0.1, -0.05) is 42.5 Å². The highest BCUT2D eigenvalue weighted by Crippen LogP contribution is 2.50. The number of fused-ring (bicyclic) bond motifs is 4. The summed E-state index contributed by atoms with van der Waals surface area (Å²) in [6.45, 7) is 0. The van der Waals surface area contributed by atoms with Crippen molar-refractivity contribution in [3.8, 4) is 0 Å². The third-order valence-corrected chi connectivity index (χ3v) is 4.29. The molecule has 1 atom stereocenters. The van der Waals surface area contributed by atoms with Crippen LogP contribution in [0.3, 0.4) is 0 Å². The van der Waals surface area contributed by atoms with Crippen LogP contribution in [0.4, 0.5) is 10.1 Å². The number of likely N-dealkylation sites (N-methyl/N-ethyl adjacent to an activating group) is 1. The summed E-state index contributed by atoms with van der Waals surface area (Å²) in [6, 6.07) is 12.4. The lowest BCUT2D eigenvalue weighted by Gasteiger charge is -2.22. The average molecular weight is 265 g/mol. The molecule has 2 aliphatic rings. The predicted molar refractivity (Wildman–Crippen MR) is 76.1 cm³/mol. The fourth-order valence-electron chi connectivity index (χ4n) is 3.33. The third kappa shape index (κ3) is 1.15. The lowest BCUT2D eigenvalue weighted by molar-refractivity contribution is -0.120. The van der Waals surface area contributed by atoms with Gasteiger partial charge in [-0.2, -0.15) is 0 Å². The summed E-state index contributed by atoms with van der Waals surface area (Å²) >= 11 is 0. The number of carbonyl (C=O) groups is 1. The van der Waals surface area contributed by atoms with Gasteiger partial charge in [0.25, 0.3) is 0 Å². The maximum atomic E-state index is 13.5. The lowest BCUT2D eigenvalue weighted by Crippen LogP contribution is -2.37. The standard InChI is InChI=1S/C17H12FNO/c1-19-15-10-12(18)6-7-14(15)17(16(19)20)9-8-11-4-2-3-5-13(11)17/h2-10H,1H3. The summed E-state index contributed by atoms with van der Waals surface area (Å²) in [7, 11) is 1.70. The van der Waals surface area contributed by atoms with Crippen LogP contribution >= 0.6 is 0 Å². The number of anilines is 1. The van der Waals surface area contributed by atoms with E-state index in [-0.39, 0.29) is 11.7 Å². The quantitative estimate of drug-likeness (QED) is 0.716. The van der Waals surface area contributed by atoms with Crippen molar-refractivity contribution in [2.75, 3.05) is 11.9 Å². The van der Waals surface area contributed by atoms with Gasteiger partial charge in [0.2, 0.25) is 5.91 Å². The molecular weight excluding hydrogens is 253 g/mol. The first-order valence-electron chi connectivity index (χ1n) is 6.51. The summed E-state index contributed by atoms with van der Waals surface area (Å²) in [6.07, 6.45) is 3.90. The third-order valence-electron chi connectivity index (χ3n) is 4.29. The molecule has 2 nitrogen and oxygen atoms in total. The van der Waals surface area contributed by atoms with Gasteiger partial charge in [-0.05, 0) is 28.8 Å². The first kappa shape index (κ1) is 11.4. The van der Waals surface area contributed by atoms with E-state index in [1.807, 2.05) is 36.4 Å². The number of carbonyl (C=O) groups excluding carboxylic acids is 1. The van der Waals surface area contributed by atoms with Crippen LogP contribution in [-0.2, 0) is 10.2 Å². The smallest absolute Gasteiger partial charge is 0.245 e. The van der Waals surface area contributed by atoms with E-state index in [4.69, 9.17) is 0 Å². The summed E-state index contributed by atoms with van der Waals surface area (Å²) in [5, 5.41) is 0. The van der Waals surface area contributed by atoms with Crippen LogP contribution in [0, 0.1) is 5.82 Å². The molecule has 20 heavy (non-hydrogen) atoms. The molecule has 4 rings (SSSR count). The number of rotatable bonds is 0. The van der Waals surface area contributed by atoms with Crippen molar-refractivity contribution in [1.82, 2.24) is 0 Å². The molecule has 1 aliphatic heterocycles. The minimum atomic E-state index is -0.783. The summed E-state index contributed by atoms with van der Waals surface area (Å²) in [5.74, 6) is -0.352. The zero-order valence-electron chi connectivity index (χ0n) is 10.9. The number of halogens is 1. The molecule has 0 bridgehead atoms. The number of amides is 1. The Morgan fingerprint density at radius 1 is 1.10 bits per heavy atom. The zero-order chi connectivity index (χ0) is 13.9. The van der Waals surface area contributed by atoms with E-state index in [2.05, 4.69) is 0 Å². The molecule has 0 radical (unpaired) electrons. The van der Waals surface area contributed by atoms with E-state index >= 15 is 0 Å². The second-order valence-corrected chi connectivity index (χ2v) is 5.25.